The number of rotatable bonds is 5. The van der Waals surface area contributed by atoms with Gasteiger partial charge >= 0.3 is 12.3 Å². The van der Waals surface area contributed by atoms with Gasteiger partial charge in [-0.05, 0) is 37.1 Å². The van der Waals surface area contributed by atoms with Crippen molar-refractivity contribution >= 4 is 28.2 Å². The topological polar surface area (TPSA) is 73.9 Å². The zero-order chi connectivity index (χ0) is 20.3. The highest BCUT2D eigenvalue weighted by Crippen LogP contribution is 2.37. The Hall–Kier alpha value is -2.59. The van der Waals surface area contributed by atoms with Crippen molar-refractivity contribution in [2.45, 2.75) is 26.3 Å². The number of benzene rings is 1. The fourth-order valence-electron chi connectivity index (χ4n) is 2.75. The molecule has 0 aliphatic carbocycles. The average Bonchev–Trinajstić information content (AvgIpc) is 2.98. The molecule has 1 aromatic carbocycles. The summed E-state index contributed by atoms with van der Waals surface area (Å²) in [4.78, 5) is 25.7. The molecule has 2 aromatic rings. The summed E-state index contributed by atoms with van der Waals surface area (Å²) in [5.41, 5.74) is 0.986. The number of anilines is 1. The number of hydrogen-bond acceptors (Lipinski definition) is 6. The molecule has 10 heteroatoms. The van der Waals surface area contributed by atoms with Crippen molar-refractivity contribution in [2.75, 3.05) is 18.5 Å². The van der Waals surface area contributed by atoms with E-state index in [0.717, 1.165) is 22.6 Å². The molecule has 0 saturated heterocycles. The number of alkyl halides is 3. The lowest BCUT2D eigenvalue weighted by molar-refractivity contribution is -0.274. The molecular weight excluding hydrogens is 399 g/mol. The van der Waals surface area contributed by atoms with Crippen molar-refractivity contribution < 1.29 is 37.0 Å². The van der Waals surface area contributed by atoms with Crippen molar-refractivity contribution in [3.8, 4) is 5.75 Å². The lowest BCUT2D eigenvalue weighted by Crippen LogP contribution is -2.18. The third-order valence-electron chi connectivity index (χ3n) is 3.86. The maximum absolute atomic E-state index is 12.6. The second-order valence-electron chi connectivity index (χ2n) is 5.76. The Morgan fingerprint density at radius 1 is 1.32 bits per heavy atom. The van der Waals surface area contributed by atoms with Crippen LogP contribution in [-0.2, 0) is 22.5 Å². The average molecular weight is 415 g/mol. The van der Waals surface area contributed by atoms with Crippen LogP contribution < -0.4 is 10.1 Å². The number of ether oxygens (including phenoxy) is 3. The number of nitrogens with one attached hydrogen (secondary N) is 1. The molecule has 1 amide bonds. The quantitative estimate of drug-likeness (QED) is 0.743. The molecule has 6 nitrogen and oxygen atoms in total. The van der Waals surface area contributed by atoms with E-state index in [0.29, 0.717) is 19.6 Å². The minimum absolute atomic E-state index is 0.0424. The molecular formula is C18H16F3NO5S. The highest BCUT2D eigenvalue weighted by atomic mass is 32.1. The van der Waals surface area contributed by atoms with E-state index >= 15 is 0 Å². The maximum atomic E-state index is 12.6. The molecule has 0 fully saturated rings. The number of halogens is 3. The standard InChI is InChI=1S/C18H16F3NO5S/c1-2-26-17(24)14-12-6-7-25-9-13(12)28-16(14)22-15(23)10-4-3-5-11(8-10)27-18(19,20)21/h3-5,8H,2,6-7,9H2,1H3,(H,22,23). The SMILES string of the molecule is CCOC(=O)c1c(NC(=O)c2cccc(OC(F)(F)F)c2)sc2c1CCOC2. The highest BCUT2D eigenvalue weighted by Gasteiger charge is 2.31. The van der Waals surface area contributed by atoms with Gasteiger partial charge in [-0.2, -0.15) is 0 Å². The van der Waals surface area contributed by atoms with Crippen molar-refractivity contribution in [1.29, 1.82) is 0 Å². The smallest absolute Gasteiger partial charge is 0.462 e. The summed E-state index contributed by atoms with van der Waals surface area (Å²) in [7, 11) is 0. The van der Waals surface area contributed by atoms with Gasteiger partial charge in [-0.1, -0.05) is 6.07 Å². The van der Waals surface area contributed by atoms with Crippen LogP contribution in [0.4, 0.5) is 18.2 Å². The van der Waals surface area contributed by atoms with Crippen LogP contribution in [0.15, 0.2) is 24.3 Å². The molecule has 2 heterocycles. The summed E-state index contributed by atoms with van der Waals surface area (Å²) < 4.78 is 51.4. The van der Waals surface area contributed by atoms with E-state index < -0.39 is 24.0 Å². The Labute approximate surface area is 162 Å². The third kappa shape index (κ3) is 4.63. The Kier molecular flexibility index (Phi) is 5.90. The molecule has 0 bridgehead atoms. The van der Waals surface area contributed by atoms with E-state index in [1.807, 2.05) is 0 Å². The van der Waals surface area contributed by atoms with Crippen LogP contribution in [0.1, 0.15) is 38.1 Å². The Balaban J connectivity index is 1.87. The number of carbonyl (C=O) groups is 2. The molecule has 1 aliphatic heterocycles. The number of esters is 1. The second-order valence-corrected chi connectivity index (χ2v) is 6.87. The van der Waals surface area contributed by atoms with Gasteiger partial charge in [0.2, 0.25) is 0 Å². The monoisotopic (exact) mass is 415 g/mol. The van der Waals surface area contributed by atoms with Gasteiger partial charge in [0.25, 0.3) is 5.91 Å². The van der Waals surface area contributed by atoms with Crippen LogP contribution in [-0.4, -0.2) is 31.5 Å². The molecule has 28 heavy (non-hydrogen) atoms. The van der Waals surface area contributed by atoms with E-state index in [2.05, 4.69) is 10.1 Å². The zero-order valence-corrected chi connectivity index (χ0v) is 15.5. The minimum Gasteiger partial charge on any atom is -0.462 e. The second kappa shape index (κ2) is 8.19. The maximum Gasteiger partial charge on any atom is 0.573 e. The summed E-state index contributed by atoms with van der Waals surface area (Å²) in [6.45, 7) is 2.60. The molecule has 0 unspecified atom stereocenters. The van der Waals surface area contributed by atoms with Gasteiger partial charge in [0, 0.05) is 10.4 Å². The van der Waals surface area contributed by atoms with Gasteiger partial charge in [0.1, 0.15) is 10.8 Å². The molecule has 0 saturated carbocycles. The van der Waals surface area contributed by atoms with E-state index in [9.17, 15) is 22.8 Å². The summed E-state index contributed by atoms with van der Waals surface area (Å²) >= 11 is 1.18. The van der Waals surface area contributed by atoms with Crippen LogP contribution >= 0.6 is 11.3 Å². The van der Waals surface area contributed by atoms with Crippen LogP contribution in [0.25, 0.3) is 0 Å². The first-order valence-corrected chi connectivity index (χ1v) is 9.16. The van der Waals surface area contributed by atoms with Gasteiger partial charge in [-0.3, -0.25) is 4.79 Å². The van der Waals surface area contributed by atoms with Crippen LogP contribution in [0.2, 0.25) is 0 Å². The van der Waals surface area contributed by atoms with E-state index in [-0.39, 0.29) is 22.7 Å². The predicted octanol–water partition coefficient (Wildman–Crippen LogP) is 4.15. The zero-order valence-electron chi connectivity index (χ0n) is 14.7. The fraction of sp³-hybridized carbons (Fsp3) is 0.333. The van der Waals surface area contributed by atoms with Crippen molar-refractivity contribution in [3.05, 3.63) is 45.8 Å². The summed E-state index contributed by atoms with van der Waals surface area (Å²) in [6, 6.07) is 4.69. The number of hydrogen-bond donors (Lipinski definition) is 1. The molecule has 3 rings (SSSR count). The summed E-state index contributed by atoms with van der Waals surface area (Å²) in [5.74, 6) is -1.74. The van der Waals surface area contributed by atoms with Crippen LogP contribution in [0, 0.1) is 0 Å². The number of carbonyl (C=O) groups excluding carboxylic acids is 2. The number of amides is 1. The third-order valence-corrected chi connectivity index (χ3v) is 4.98. The van der Waals surface area contributed by atoms with Gasteiger partial charge in [-0.15, -0.1) is 24.5 Å². The highest BCUT2D eigenvalue weighted by molar-refractivity contribution is 7.17. The summed E-state index contributed by atoms with van der Waals surface area (Å²) in [6.07, 6.45) is -4.36. The van der Waals surface area contributed by atoms with Crippen molar-refractivity contribution in [3.63, 3.8) is 0 Å². The minimum atomic E-state index is -4.86. The molecule has 0 atom stereocenters. The van der Waals surface area contributed by atoms with Gasteiger partial charge in [-0.25, -0.2) is 4.79 Å². The first-order valence-electron chi connectivity index (χ1n) is 8.35. The Bertz CT molecular complexity index is 894. The lowest BCUT2D eigenvalue weighted by Gasteiger charge is -2.13. The lowest BCUT2D eigenvalue weighted by atomic mass is 10.1. The van der Waals surface area contributed by atoms with E-state index in [1.165, 1.54) is 23.5 Å². The van der Waals surface area contributed by atoms with Crippen LogP contribution in [0.5, 0.6) is 5.75 Å². The van der Waals surface area contributed by atoms with Crippen LogP contribution in [0.3, 0.4) is 0 Å². The Morgan fingerprint density at radius 3 is 2.82 bits per heavy atom. The van der Waals surface area contributed by atoms with Crippen molar-refractivity contribution in [2.24, 2.45) is 0 Å². The number of thiophene rings is 1. The molecule has 1 aromatic heterocycles. The normalized spacial score (nSPS) is 13.6. The van der Waals surface area contributed by atoms with Gasteiger partial charge in [0.05, 0.1) is 25.4 Å². The van der Waals surface area contributed by atoms with Gasteiger partial charge in [0.15, 0.2) is 0 Å². The molecule has 0 spiro atoms. The van der Waals surface area contributed by atoms with E-state index in [4.69, 9.17) is 9.47 Å². The summed E-state index contributed by atoms with van der Waals surface area (Å²) in [5, 5.41) is 2.88. The largest absolute Gasteiger partial charge is 0.573 e. The number of fused-ring (bicyclic) bond motifs is 1. The molecule has 150 valence electrons. The molecule has 1 N–H and O–H groups in total. The molecule has 1 aliphatic rings. The first kappa shape index (κ1) is 20.2. The fourth-order valence-corrected chi connectivity index (χ4v) is 3.92. The van der Waals surface area contributed by atoms with Gasteiger partial charge < -0.3 is 19.5 Å². The van der Waals surface area contributed by atoms with E-state index in [1.54, 1.807) is 6.92 Å². The Morgan fingerprint density at radius 2 is 2.11 bits per heavy atom. The molecule has 0 radical (unpaired) electrons. The predicted molar refractivity (Wildman–Crippen MR) is 94.7 cm³/mol. The first-order chi connectivity index (χ1) is 13.3. The van der Waals surface area contributed by atoms with Crippen molar-refractivity contribution in [1.82, 2.24) is 0 Å².